The number of ether oxygens (including phenoxy) is 1. The van der Waals surface area contributed by atoms with E-state index in [9.17, 15) is 21.6 Å². The smallest absolute Gasteiger partial charge is 0.416 e. The van der Waals surface area contributed by atoms with Crippen molar-refractivity contribution in [1.82, 2.24) is 0 Å². The van der Waals surface area contributed by atoms with E-state index in [1.807, 2.05) is 12.1 Å². The van der Waals surface area contributed by atoms with Crippen LogP contribution >= 0.6 is 0 Å². The van der Waals surface area contributed by atoms with Crippen molar-refractivity contribution in [1.29, 1.82) is 5.26 Å². The molecule has 5 nitrogen and oxygen atoms in total. The molecule has 0 radical (unpaired) electrons. The molecule has 1 aliphatic carbocycles. The number of hydrogen-bond acceptors (Lipinski definition) is 4. The summed E-state index contributed by atoms with van der Waals surface area (Å²) < 4.78 is 73.2. The molecule has 176 valence electrons. The molecule has 0 amide bonds. The van der Waals surface area contributed by atoms with Gasteiger partial charge in [-0.15, -0.1) is 0 Å². The molecule has 0 aliphatic heterocycles. The summed E-state index contributed by atoms with van der Waals surface area (Å²) in [5, 5.41) is 8.95. The minimum Gasteiger partial charge on any atom is -0.486 e. The lowest BCUT2D eigenvalue weighted by molar-refractivity contribution is -0.137. The van der Waals surface area contributed by atoms with Gasteiger partial charge in [0.05, 0.1) is 27.8 Å². The van der Waals surface area contributed by atoms with Crippen LogP contribution in [-0.4, -0.2) is 15.0 Å². The van der Waals surface area contributed by atoms with Crippen LogP contribution in [0.15, 0.2) is 71.6 Å². The topological polar surface area (TPSA) is 70.4 Å². The Kier molecular flexibility index (Phi) is 6.28. The number of fused-ring (bicyclic) bond motifs is 1. The zero-order chi connectivity index (χ0) is 24.5. The zero-order valence-corrected chi connectivity index (χ0v) is 19.0. The third-order valence-corrected chi connectivity index (χ3v) is 7.64. The van der Waals surface area contributed by atoms with Gasteiger partial charge in [-0.25, -0.2) is 8.42 Å². The van der Waals surface area contributed by atoms with Gasteiger partial charge < -0.3 is 4.74 Å². The van der Waals surface area contributed by atoms with Gasteiger partial charge in [0.25, 0.3) is 10.0 Å². The Labute approximate surface area is 196 Å². The lowest BCUT2D eigenvalue weighted by atomic mass is 10.1. The molecule has 0 saturated carbocycles. The minimum atomic E-state index is -4.65. The van der Waals surface area contributed by atoms with Crippen LogP contribution in [-0.2, 0) is 22.6 Å². The average molecular weight is 487 g/mol. The highest BCUT2D eigenvalue weighted by molar-refractivity contribution is 7.92. The first-order chi connectivity index (χ1) is 16.1. The van der Waals surface area contributed by atoms with E-state index in [-0.39, 0.29) is 12.6 Å². The van der Waals surface area contributed by atoms with Crippen LogP contribution < -0.4 is 9.04 Å². The second kappa shape index (κ2) is 9.03. The first kappa shape index (κ1) is 23.6. The Morgan fingerprint density at radius 2 is 1.82 bits per heavy atom. The van der Waals surface area contributed by atoms with Crippen LogP contribution in [0.1, 0.15) is 41.7 Å². The highest BCUT2D eigenvalue weighted by Crippen LogP contribution is 2.38. The molecule has 3 aromatic carbocycles. The highest BCUT2D eigenvalue weighted by atomic mass is 32.2. The number of nitrogens with zero attached hydrogens (tertiary/aromatic N) is 2. The molecule has 0 bridgehead atoms. The largest absolute Gasteiger partial charge is 0.486 e. The van der Waals surface area contributed by atoms with E-state index in [4.69, 9.17) is 10.00 Å². The second-order valence-electron chi connectivity index (χ2n) is 7.86. The fourth-order valence-electron chi connectivity index (χ4n) is 4.05. The van der Waals surface area contributed by atoms with Gasteiger partial charge in [0, 0.05) is 6.54 Å². The molecule has 0 spiro atoms. The third-order valence-electron chi connectivity index (χ3n) is 5.74. The van der Waals surface area contributed by atoms with Crippen molar-refractivity contribution in [2.75, 3.05) is 10.8 Å². The number of sulfonamides is 1. The van der Waals surface area contributed by atoms with Crippen LogP contribution in [0.3, 0.4) is 0 Å². The number of anilines is 1. The van der Waals surface area contributed by atoms with Crippen molar-refractivity contribution >= 4 is 15.7 Å². The van der Waals surface area contributed by atoms with Gasteiger partial charge in [-0.05, 0) is 85.5 Å². The lowest BCUT2D eigenvalue weighted by Gasteiger charge is -2.25. The third kappa shape index (κ3) is 4.59. The van der Waals surface area contributed by atoms with Crippen molar-refractivity contribution < 1.29 is 26.3 Å². The Balaban J connectivity index is 1.65. The molecular formula is C25H21F3N2O3S. The number of halogens is 3. The number of aryl methyl sites for hydroxylation is 1. The van der Waals surface area contributed by atoms with Gasteiger partial charge in [0.1, 0.15) is 11.9 Å². The Morgan fingerprint density at radius 3 is 2.47 bits per heavy atom. The second-order valence-corrected chi connectivity index (χ2v) is 9.72. The molecule has 1 atom stereocenters. The van der Waals surface area contributed by atoms with Crippen molar-refractivity contribution in [2.24, 2.45) is 0 Å². The van der Waals surface area contributed by atoms with Gasteiger partial charge in [0.15, 0.2) is 0 Å². The highest BCUT2D eigenvalue weighted by Gasteiger charge is 2.33. The van der Waals surface area contributed by atoms with E-state index >= 15 is 0 Å². The molecule has 1 aliphatic rings. The summed E-state index contributed by atoms with van der Waals surface area (Å²) in [6.07, 6.45) is -3.50. The monoisotopic (exact) mass is 486 g/mol. The van der Waals surface area contributed by atoms with Gasteiger partial charge in [-0.2, -0.15) is 18.4 Å². The molecule has 0 saturated heterocycles. The van der Waals surface area contributed by atoms with E-state index < -0.39 is 26.7 Å². The van der Waals surface area contributed by atoms with Crippen LogP contribution in [0.4, 0.5) is 18.9 Å². The fourth-order valence-corrected chi connectivity index (χ4v) is 5.57. The molecule has 9 heteroatoms. The molecule has 0 fully saturated rings. The summed E-state index contributed by atoms with van der Waals surface area (Å²) in [6, 6.07) is 17.7. The van der Waals surface area contributed by atoms with E-state index in [0.29, 0.717) is 29.5 Å². The molecule has 0 N–H and O–H groups in total. The minimum absolute atomic E-state index is 0.0402. The normalized spacial score (nSPS) is 15.4. The summed E-state index contributed by atoms with van der Waals surface area (Å²) in [5.41, 5.74) is 1.71. The predicted molar refractivity (Wildman–Crippen MR) is 121 cm³/mol. The van der Waals surface area contributed by atoms with Crippen LogP contribution in [0.25, 0.3) is 0 Å². The summed E-state index contributed by atoms with van der Waals surface area (Å²) in [6.45, 7) is 1.67. The predicted octanol–water partition coefficient (Wildman–Crippen LogP) is 5.86. The Morgan fingerprint density at radius 1 is 1.09 bits per heavy atom. The number of benzene rings is 3. The van der Waals surface area contributed by atoms with Gasteiger partial charge >= 0.3 is 6.18 Å². The van der Waals surface area contributed by atoms with Gasteiger partial charge in [0.2, 0.25) is 0 Å². The SMILES string of the molecule is CCN(c1ccc2c(c1)C(Oc1ccc(C#N)cc1)CC2)S(=O)(=O)c1cccc(C(F)(F)F)c1. The van der Waals surface area contributed by atoms with Crippen molar-refractivity contribution in [3.05, 3.63) is 89.0 Å². The fraction of sp³-hybridized carbons (Fsp3) is 0.240. The maximum Gasteiger partial charge on any atom is 0.416 e. The van der Waals surface area contributed by atoms with E-state index in [0.717, 1.165) is 40.1 Å². The summed E-state index contributed by atoms with van der Waals surface area (Å²) in [4.78, 5) is -0.421. The van der Waals surface area contributed by atoms with Crippen molar-refractivity contribution in [2.45, 2.75) is 36.9 Å². The van der Waals surface area contributed by atoms with Crippen molar-refractivity contribution in [3.63, 3.8) is 0 Å². The van der Waals surface area contributed by atoms with Crippen LogP contribution in [0.5, 0.6) is 5.75 Å². The Bertz CT molecular complexity index is 1350. The molecule has 0 aromatic heterocycles. The molecular weight excluding hydrogens is 465 g/mol. The molecule has 1 unspecified atom stereocenters. The maximum absolute atomic E-state index is 13.3. The number of hydrogen-bond donors (Lipinski definition) is 0. The first-order valence-electron chi connectivity index (χ1n) is 10.6. The first-order valence-corrected chi connectivity index (χ1v) is 12.1. The standard InChI is InChI=1S/C25H21F3N2O3S/c1-2-30(34(31,32)22-5-3-4-19(14-22)25(26,27)28)20-10-8-18-9-13-24(23(18)15-20)33-21-11-6-17(16-29)7-12-21/h3-8,10-12,14-15,24H,2,9,13H2,1H3. The quantitative estimate of drug-likeness (QED) is 0.438. The van der Waals surface area contributed by atoms with Gasteiger partial charge in [-0.3, -0.25) is 4.31 Å². The summed E-state index contributed by atoms with van der Waals surface area (Å²) in [7, 11) is -4.23. The van der Waals surface area contributed by atoms with Gasteiger partial charge in [-0.1, -0.05) is 12.1 Å². The van der Waals surface area contributed by atoms with Crippen LogP contribution in [0, 0.1) is 11.3 Å². The van der Waals surface area contributed by atoms with Crippen molar-refractivity contribution in [3.8, 4) is 11.8 Å². The van der Waals surface area contributed by atoms with E-state index in [2.05, 4.69) is 0 Å². The number of nitriles is 1. The maximum atomic E-state index is 13.3. The number of alkyl halides is 3. The molecule has 0 heterocycles. The average Bonchev–Trinajstić information content (AvgIpc) is 3.21. The zero-order valence-electron chi connectivity index (χ0n) is 18.2. The van der Waals surface area contributed by atoms with Crippen LogP contribution in [0.2, 0.25) is 0 Å². The number of rotatable bonds is 6. The van der Waals surface area contributed by atoms with E-state index in [1.54, 1.807) is 43.3 Å². The Hall–Kier alpha value is -3.51. The molecule has 3 aromatic rings. The lowest BCUT2D eigenvalue weighted by Crippen LogP contribution is -2.31. The summed E-state index contributed by atoms with van der Waals surface area (Å²) in [5.74, 6) is 0.589. The molecule has 4 rings (SSSR count). The summed E-state index contributed by atoms with van der Waals surface area (Å²) >= 11 is 0. The van der Waals surface area contributed by atoms with E-state index in [1.165, 1.54) is 0 Å². The molecule has 34 heavy (non-hydrogen) atoms.